The number of piperidine rings is 1. The standard InChI is InChI=1S/C28H41N2O2.2HI/c1-7-25(8-2)29-20-27(4)21-30(5,6)22(3)19-28(27,24-17-13-10-14-18-24)32-26(31)23-15-11-9-12-16-23;;/h9-18,22,25,29H,7-8,19-21H2,1-6H3;2*1H/q+1;;/p-1. The van der Waals surface area contributed by atoms with Gasteiger partial charge in [0.2, 0.25) is 0 Å². The van der Waals surface area contributed by atoms with Crippen molar-refractivity contribution in [1.29, 1.82) is 0 Å². The van der Waals surface area contributed by atoms with Gasteiger partial charge in [-0.25, -0.2) is 4.79 Å². The van der Waals surface area contributed by atoms with Gasteiger partial charge in [-0.15, -0.1) is 0 Å². The number of likely N-dealkylation sites (tertiary alicyclic amines) is 1. The van der Waals surface area contributed by atoms with Crippen molar-refractivity contribution in [3.05, 3.63) is 71.8 Å². The van der Waals surface area contributed by atoms with Gasteiger partial charge in [0.05, 0.1) is 44.8 Å². The molecule has 3 rings (SSSR count). The fourth-order valence-corrected chi connectivity index (χ4v) is 5.56. The molecule has 1 fully saturated rings. The number of nitrogens with zero attached hydrogens (tertiary/aromatic N) is 1. The van der Waals surface area contributed by atoms with E-state index in [1.807, 2.05) is 36.4 Å². The molecular formula is C28H42I2N2O2. The van der Waals surface area contributed by atoms with Crippen molar-refractivity contribution >= 4 is 5.97 Å². The third kappa shape index (κ3) is 6.53. The Hall–Kier alpha value is -0.710. The van der Waals surface area contributed by atoms with Gasteiger partial charge in [0.15, 0.2) is 5.60 Å². The predicted octanol–water partition coefficient (Wildman–Crippen LogP) is -1.63. The molecule has 1 saturated heterocycles. The summed E-state index contributed by atoms with van der Waals surface area (Å²) in [4.78, 5) is 13.5. The summed E-state index contributed by atoms with van der Waals surface area (Å²) in [6, 6.07) is 20.8. The number of quaternary nitrogens is 2. The average Bonchev–Trinajstić information content (AvgIpc) is 2.79. The molecule has 0 aliphatic carbocycles. The van der Waals surface area contributed by atoms with Gasteiger partial charge >= 0.3 is 5.97 Å². The van der Waals surface area contributed by atoms with Gasteiger partial charge in [0.25, 0.3) is 0 Å². The van der Waals surface area contributed by atoms with Crippen LogP contribution in [-0.2, 0) is 10.3 Å². The number of esters is 1. The molecule has 1 aliphatic heterocycles. The lowest BCUT2D eigenvalue weighted by Crippen LogP contribution is -3.00. The van der Waals surface area contributed by atoms with E-state index in [-0.39, 0.29) is 59.3 Å². The highest BCUT2D eigenvalue weighted by Crippen LogP contribution is 2.52. The molecule has 0 saturated carbocycles. The van der Waals surface area contributed by atoms with Crippen molar-refractivity contribution in [2.45, 2.75) is 64.6 Å². The molecule has 3 atom stereocenters. The molecular weight excluding hydrogens is 650 g/mol. The van der Waals surface area contributed by atoms with E-state index in [9.17, 15) is 4.79 Å². The molecule has 4 nitrogen and oxygen atoms in total. The molecule has 0 amide bonds. The zero-order valence-electron chi connectivity index (χ0n) is 21.6. The Morgan fingerprint density at radius 3 is 2.09 bits per heavy atom. The monoisotopic (exact) mass is 692 g/mol. The van der Waals surface area contributed by atoms with E-state index in [0.29, 0.717) is 17.6 Å². The Kier molecular flexibility index (Phi) is 12.0. The van der Waals surface area contributed by atoms with Crippen LogP contribution in [0, 0.1) is 5.41 Å². The average molecular weight is 692 g/mol. The fraction of sp³-hybridized carbons (Fsp3) is 0.536. The third-order valence-corrected chi connectivity index (χ3v) is 7.97. The number of carbonyl (C=O) groups excluding carboxylic acids is 1. The lowest BCUT2D eigenvalue weighted by Gasteiger charge is -2.57. The Morgan fingerprint density at radius 1 is 1.03 bits per heavy atom. The van der Waals surface area contributed by atoms with Gasteiger partial charge in [-0.2, -0.15) is 0 Å². The number of nitrogens with two attached hydrogens (primary N) is 1. The van der Waals surface area contributed by atoms with E-state index in [4.69, 9.17) is 4.74 Å². The van der Waals surface area contributed by atoms with Crippen molar-refractivity contribution in [1.82, 2.24) is 0 Å². The van der Waals surface area contributed by atoms with Gasteiger partial charge in [0.1, 0.15) is 5.41 Å². The van der Waals surface area contributed by atoms with Crippen molar-refractivity contribution < 1.29 is 67.3 Å². The zero-order valence-corrected chi connectivity index (χ0v) is 25.9. The lowest BCUT2D eigenvalue weighted by atomic mass is 9.62. The maximum atomic E-state index is 13.5. The summed E-state index contributed by atoms with van der Waals surface area (Å²) in [6.45, 7) is 11.0. The SMILES string of the molecule is CCC(CC)[NH2+]CC1(C)C[N+](C)(C)C(C)CC1(OC(=O)c1ccccc1)c1ccccc1.[I-].[I-]. The maximum absolute atomic E-state index is 13.5. The van der Waals surface area contributed by atoms with Crippen molar-refractivity contribution in [2.75, 3.05) is 27.2 Å². The van der Waals surface area contributed by atoms with E-state index in [2.05, 4.69) is 71.4 Å². The summed E-state index contributed by atoms with van der Waals surface area (Å²) in [6.07, 6.45) is 3.09. The van der Waals surface area contributed by atoms with Crippen LogP contribution in [0.15, 0.2) is 60.7 Å². The van der Waals surface area contributed by atoms with Gasteiger partial charge in [0, 0.05) is 6.42 Å². The molecule has 2 aromatic carbocycles. The van der Waals surface area contributed by atoms with Gasteiger partial charge in [-0.05, 0) is 44.4 Å². The highest BCUT2D eigenvalue weighted by atomic mass is 127. The summed E-state index contributed by atoms with van der Waals surface area (Å²) in [5, 5.41) is 2.49. The van der Waals surface area contributed by atoms with Gasteiger partial charge < -0.3 is 62.5 Å². The highest BCUT2D eigenvalue weighted by molar-refractivity contribution is 5.89. The normalized spacial score (nSPS) is 25.7. The largest absolute Gasteiger partial charge is 1.00 e. The predicted molar refractivity (Wildman–Crippen MR) is 130 cm³/mol. The molecule has 0 bridgehead atoms. The Bertz CT molecular complexity index is 890. The first-order valence-electron chi connectivity index (χ1n) is 12.2. The topological polar surface area (TPSA) is 42.9 Å². The molecule has 1 aliphatic rings. The second kappa shape index (κ2) is 13.0. The fourth-order valence-electron chi connectivity index (χ4n) is 5.56. The van der Waals surface area contributed by atoms with Crippen LogP contribution in [0.2, 0.25) is 0 Å². The molecule has 0 aromatic heterocycles. The molecule has 2 aromatic rings. The number of benzene rings is 2. The summed E-state index contributed by atoms with van der Waals surface area (Å²) >= 11 is 0. The van der Waals surface area contributed by atoms with E-state index < -0.39 is 5.60 Å². The molecule has 6 heteroatoms. The minimum Gasteiger partial charge on any atom is -1.00 e. The summed E-state index contributed by atoms with van der Waals surface area (Å²) in [5.74, 6) is -0.234. The quantitative estimate of drug-likeness (QED) is 0.206. The Balaban J connectivity index is 0.00000289. The van der Waals surface area contributed by atoms with E-state index in [0.717, 1.165) is 42.4 Å². The van der Waals surface area contributed by atoms with Crippen molar-refractivity contribution in [3.63, 3.8) is 0 Å². The van der Waals surface area contributed by atoms with E-state index >= 15 is 0 Å². The second-order valence-electron chi connectivity index (χ2n) is 10.5. The Morgan fingerprint density at radius 2 is 1.56 bits per heavy atom. The first-order chi connectivity index (χ1) is 15.2. The molecule has 1 heterocycles. The maximum Gasteiger partial charge on any atom is 0.339 e. The number of hydrogen-bond acceptors (Lipinski definition) is 2. The van der Waals surface area contributed by atoms with Crippen LogP contribution in [0.25, 0.3) is 0 Å². The van der Waals surface area contributed by atoms with E-state index in [1.165, 1.54) is 0 Å². The first kappa shape index (κ1) is 31.3. The van der Waals surface area contributed by atoms with Gasteiger partial charge in [-0.1, -0.05) is 62.4 Å². The van der Waals surface area contributed by atoms with Crippen LogP contribution in [0.3, 0.4) is 0 Å². The number of rotatable bonds is 8. The van der Waals surface area contributed by atoms with Crippen LogP contribution >= 0.6 is 0 Å². The van der Waals surface area contributed by atoms with Crippen molar-refractivity contribution in [2.24, 2.45) is 5.41 Å². The molecule has 34 heavy (non-hydrogen) atoms. The number of ether oxygens (including phenoxy) is 1. The van der Waals surface area contributed by atoms with Crippen LogP contribution in [0.5, 0.6) is 0 Å². The molecule has 0 radical (unpaired) electrons. The molecule has 3 unspecified atom stereocenters. The Labute approximate surface area is 240 Å². The highest BCUT2D eigenvalue weighted by Gasteiger charge is 2.62. The zero-order chi connectivity index (χ0) is 23.4. The summed E-state index contributed by atoms with van der Waals surface area (Å²) in [7, 11) is 4.63. The lowest BCUT2D eigenvalue weighted by molar-refractivity contribution is -0.932. The summed E-state index contributed by atoms with van der Waals surface area (Å²) < 4.78 is 7.58. The third-order valence-electron chi connectivity index (χ3n) is 7.97. The smallest absolute Gasteiger partial charge is 0.339 e. The molecule has 190 valence electrons. The molecule has 2 N–H and O–H groups in total. The van der Waals surface area contributed by atoms with E-state index in [1.54, 1.807) is 0 Å². The second-order valence-corrected chi connectivity index (χ2v) is 10.5. The number of halogens is 2. The number of carbonyl (C=O) groups is 1. The van der Waals surface area contributed by atoms with Crippen LogP contribution < -0.4 is 53.3 Å². The minimum atomic E-state index is -0.684. The van der Waals surface area contributed by atoms with Crippen molar-refractivity contribution in [3.8, 4) is 0 Å². The van der Waals surface area contributed by atoms with Crippen LogP contribution in [0.4, 0.5) is 0 Å². The number of hydrogen-bond donors (Lipinski definition) is 1. The van der Waals surface area contributed by atoms with Crippen LogP contribution in [0.1, 0.15) is 62.9 Å². The van der Waals surface area contributed by atoms with Crippen LogP contribution in [-0.4, -0.2) is 49.7 Å². The summed E-state index contributed by atoms with van der Waals surface area (Å²) in [5.41, 5.74) is 0.811. The first-order valence-corrected chi connectivity index (χ1v) is 12.2. The minimum absolute atomic E-state index is 0. The molecule has 0 spiro atoms. The van der Waals surface area contributed by atoms with Gasteiger partial charge in [-0.3, -0.25) is 0 Å².